The van der Waals surface area contributed by atoms with Crippen molar-refractivity contribution >= 4 is 23.4 Å². The highest BCUT2D eigenvalue weighted by Crippen LogP contribution is 2.17. The van der Waals surface area contributed by atoms with Crippen LogP contribution < -0.4 is 10.2 Å². The number of para-hydroxylation sites is 1. The molecule has 0 aliphatic rings. The molecule has 27 heavy (non-hydrogen) atoms. The Morgan fingerprint density at radius 3 is 2.44 bits per heavy atom. The molecule has 3 aromatic rings. The van der Waals surface area contributed by atoms with Crippen molar-refractivity contribution in [3.05, 3.63) is 78.6 Å². The second-order valence-electron chi connectivity index (χ2n) is 6.10. The van der Waals surface area contributed by atoms with Crippen molar-refractivity contribution in [2.24, 2.45) is 0 Å². The lowest BCUT2D eigenvalue weighted by Gasteiger charge is -2.21. The lowest BCUT2D eigenvalue weighted by molar-refractivity contribution is -0.111. The van der Waals surface area contributed by atoms with E-state index in [1.165, 1.54) is 6.08 Å². The van der Waals surface area contributed by atoms with E-state index < -0.39 is 0 Å². The second-order valence-corrected chi connectivity index (χ2v) is 6.10. The number of carbonyl (C=O) groups excluding carboxylic acids is 1. The predicted octanol–water partition coefficient (Wildman–Crippen LogP) is 4.37. The quantitative estimate of drug-likeness (QED) is 0.637. The summed E-state index contributed by atoms with van der Waals surface area (Å²) in [7, 11) is 0. The zero-order valence-corrected chi connectivity index (χ0v) is 15.7. The minimum Gasteiger partial charge on any atom is -0.372 e. The first-order valence-electron chi connectivity index (χ1n) is 9.13. The molecule has 0 spiro atoms. The van der Waals surface area contributed by atoms with Gasteiger partial charge in [0.05, 0.1) is 11.9 Å². The van der Waals surface area contributed by atoms with Gasteiger partial charge in [-0.15, -0.1) is 0 Å². The van der Waals surface area contributed by atoms with Crippen LogP contribution in [0, 0.1) is 0 Å². The maximum atomic E-state index is 12.2. The SMILES string of the molecule is CCN(CC)c1ccc(NC(=O)/C=C/c2cnn(-c3ccccc3)c2)cc1. The van der Waals surface area contributed by atoms with E-state index >= 15 is 0 Å². The normalized spacial score (nSPS) is 10.9. The summed E-state index contributed by atoms with van der Waals surface area (Å²) < 4.78 is 1.78. The molecule has 0 fully saturated rings. The van der Waals surface area contributed by atoms with Gasteiger partial charge in [-0.2, -0.15) is 5.10 Å². The van der Waals surface area contributed by atoms with E-state index in [1.807, 2.05) is 60.8 Å². The molecule has 1 N–H and O–H groups in total. The number of hydrogen-bond acceptors (Lipinski definition) is 3. The largest absolute Gasteiger partial charge is 0.372 e. The van der Waals surface area contributed by atoms with Crippen molar-refractivity contribution in [1.29, 1.82) is 0 Å². The summed E-state index contributed by atoms with van der Waals surface area (Å²) in [5.74, 6) is -0.168. The number of hydrogen-bond donors (Lipinski definition) is 1. The summed E-state index contributed by atoms with van der Waals surface area (Å²) >= 11 is 0. The topological polar surface area (TPSA) is 50.2 Å². The maximum Gasteiger partial charge on any atom is 0.248 e. The summed E-state index contributed by atoms with van der Waals surface area (Å²) in [5, 5.41) is 7.20. The summed E-state index contributed by atoms with van der Waals surface area (Å²) in [5.41, 5.74) is 3.78. The van der Waals surface area contributed by atoms with Crippen molar-refractivity contribution in [2.75, 3.05) is 23.3 Å². The third-order valence-corrected chi connectivity index (χ3v) is 4.31. The zero-order valence-electron chi connectivity index (χ0n) is 15.7. The molecular formula is C22H24N4O. The number of anilines is 2. The molecule has 0 radical (unpaired) electrons. The summed E-state index contributed by atoms with van der Waals surface area (Å²) in [4.78, 5) is 14.4. The molecule has 3 rings (SSSR count). The van der Waals surface area contributed by atoms with E-state index in [0.717, 1.165) is 35.7 Å². The Balaban J connectivity index is 1.60. The van der Waals surface area contributed by atoms with Crippen molar-refractivity contribution in [2.45, 2.75) is 13.8 Å². The van der Waals surface area contributed by atoms with Gasteiger partial charge in [0.2, 0.25) is 5.91 Å². The van der Waals surface area contributed by atoms with E-state index in [9.17, 15) is 4.79 Å². The van der Waals surface area contributed by atoms with E-state index in [1.54, 1.807) is 17.0 Å². The smallest absolute Gasteiger partial charge is 0.248 e. The van der Waals surface area contributed by atoms with Gasteiger partial charge in [-0.1, -0.05) is 18.2 Å². The number of aromatic nitrogens is 2. The minimum atomic E-state index is -0.168. The fourth-order valence-electron chi connectivity index (χ4n) is 2.84. The summed E-state index contributed by atoms with van der Waals surface area (Å²) in [6.07, 6.45) is 6.89. The zero-order chi connectivity index (χ0) is 19.1. The molecule has 1 amide bonds. The van der Waals surface area contributed by atoms with Crippen LogP contribution in [0.25, 0.3) is 11.8 Å². The Labute approximate surface area is 159 Å². The first-order chi connectivity index (χ1) is 13.2. The predicted molar refractivity (Wildman–Crippen MR) is 111 cm³/mol. The molecule has 138 valence electrons. The average molecular weight is 360 g/mol. The minimum absolute atomic E-state index is 0.168. The van der Waals surface area contributed by atoms with Crippen LogP contribution in [0.4, 0.5) is 11.4 Å². The van der Waals surface area contributed by atoms with E-state index in [-0.39, 0.29) is 5.91 Å². The summed E-state index contributed by atoms with van der Waals surface area (Å²) in [6.45, 7) is 6.18. The maximum absolute atomic E-state index is 12.2. The molecule has 0 atom stereocenters. The van der Waals surface area contributed by atoms with Gasteiger partial charge in [0.1, 0.15) is 0 Å². The van der Waals surface area contributed by atoms with Crippen molar-refractivity contribution in [1.82, 2.24) is 9.78 Å². The molecule has 0 unspecified atom stereocenters. The van der Waals surface area contributed by atoms with Gasteiger partial charge in [-0.3, -0.25) is 4.79 Å². The number of amides is 1. The van der Waals surface area contributed by atoms with Gasteiger partial charge >= 0.3 is 0 Å². The molecular weight excluding hydrogens is 336 g/mol. The van der Waals surface area contributed by atoms with Crippen molar-refractivity contribution < 1.29 is 4.79 Å². The van der Waals surface area contributed by atoms with Gasteiger partial charge in [0, 0.05) is 42.3 Å². The third kappa shape index (κ3) is 4.85. The first-order valence-corrected chi connectivity index (χ1v) is 9.13. The fraction of sp³-hybridized carbons (Fsp3) is 0.182. The van der Waals surface area contributed by atoms with Crippen LogP contribution in [0.3, 0.4) is 0 Å². The lowest BCUT2D eigenvalue weighted by Crippen LogP contribution is -2.21. The molecule has 0 aliphatic heterocycles. The van der Waals surface area contributed by atoms with Crippen molar-refractivity contribution in [3.63, 3.8) is 0 Å². The highest BCUT2D eigenvalue weighted by atomic mass is 16.1. The van der Waals surface area contributed by atoms with E-state index in [0.29, 0.717) is 0 Å². The van der Waals surface area contributed by atoms with Crippen LogP contribution >= 0.6 is 0 Å². The molecule has 0 aliphatic carbocycles. The molecule has 5 nitrogen and oxygen atoms in total. The Morgan fingerprint density at radius 1 is 1.07 bits per heavy atom. The highest BCUT2D eigenvalue weighted by Gasteiger charge is 2.03. The van der Waals surface area contributed by atoms with Crippen LogP contribution in [-0.2, 0) is 4.79 Å². The number of carbonyl (C=O) groups is 1. The molecule has 1 heterocycles. The second kappa shape index (κ2) is 8.85. The van der Waals surface area contributed by atoms with Crippen LogP contribution in [0.15, 0.2) is 73.1 Å². The highest BCUT2D eigenvalue weighted by molar-refractivity contribution is 6.01. The molecule has 5 heteroatoms. The lowest BCUT2D eigenvalue weighted by atomic mass is 10.2. The molecule has 1 aromatic heterocycles. The first kappa shape index (κ1) is 18.5. The molecule has 0 saturated carbocycles. The van der Waals surface area contributed by atoms with Crippen LogP contribution in [0.1, 0.15) is 19.4 Å². The van der Waals surface area contributed by atoms with Gasteiger partial charge in [0.25, 0.3) is 0 Å². The van der Waals surface area contributed by atoms with Crippen molar-refractivity contribution in [3.8, 4) is 5.69 Å². The van der Waals surface area contributed by atoms with E-state index in [2.05, 4.69) is 29.2 Å². The Morgan fingerprint density at radius 2 is 1.78 bits per heavy atom. The number of rotatable bonds is 7. The molecule has 0 saturated heterocycles. The van der Waals surface area contributed by atoms with E-state index in [4.69, 9.17) is 0 Å². The third-order valence-electron chi connectivity index (χ3n) is 4.31. The van der Waals surface area contributed by atoms with Crippen LogP contribution in [0.5, 0.6) is 0 Å². The van der Waals surface area contributed by atoms with Crippen LogP contribution in [-0.4, -0.2) is 28.8 Å². The fourth-order valence-corrected chi connectivity index (χ4v) is 2.84. The Hall–Kier alpha value is -3.34. The number of benzene rings is 2. The van der Waals surface area contributed by atoms with Gasteiger partial charge in [-0.05, 0) is 56.3 Å². The van der Waals surface area contributed by atoms with Gasteiger partial charge in [-0.25, -0.2) is 4.68 Å². The number of nitrogens with one attached hydrogen (secondary N) is 1. The number of nitrogens with zero attached hydrogens (tertiary/aromatic N) is 3. The Kier molecular flexibility index (Phi) is 6.05. The molecule has 2 aromatic carbocycles. The Bertz CT molecular complexity index is 894. The van der Waals surface area contributed by atoms with Gasteiger partial charge in [0.15, 0.2) is 0 Å². The van der Waals surface area contributed by atoms with Crippen LogP contribution in [0.2, 0.25) is 0 Å². The average Bonchev–Trinajstić information content (AvgIpc) is 3.18. The summed E-state index contributed by atoms with van der Waals surface area (Å²) in [6, 6.07) is 17.7. The molecule has 0 bridgehead atoms. The van der Waals surface area contributed by atoms with Gasteiger partial charge < -0.3 is 10.2 Å². The standard InChI is InChI=1S/C22H24N4O/c1-3-25(4-2)20-13-11-19(12-14-20)24-22(27)15-10-18-16-23-26(17-18)21-8-6-5-7-9-21/h5-17H,3-4H2,1-2H3,(H,24,27)/b15-10+. The monoisotopic (exact) mass is 360 g/mol.